The SMILES string of the molecule is C[N+]1(C)C2CCCC1CC(C=C(c1ccccc1)c1ccccc1)C2.[Br-]. The molecular weight excluding hydrogens is 382 g/mol. The lowest BCUT2D eigenvalue weighted by atomic mass is 9.75. The second-order valence-electron chi connectivity index (χ2n) is 8.41. The maximum atomic E-state index is 2.59. The van der Waals surface area contributed by atoms with Crippen LogP contribution in [0.15, 0.2) is 66.7 Å². The first-order chi connectivity index (χ1) is 12.1. The molecule has 0 N–H and O–H groups in total. The fourth-order valence-electron chi connectivity index (χ4n) is 5.09. The summed E-state index contributed by atoms with van der Waals surface area (Å²) in [6.07, 6.45) is 9.51. The molecular formula is C24H30BrN. The Hall–Kier alpha value is -1.38. The van der Waals surface area contributed by atoms with Gasteiger partial charge in [0.2, 0.25) is 0 Å². The van der Waals surface area contributed by atoms with Crippen LogP contribution in [-0.2, 0) is 0 Å². The van der Waals surface area contributed by atoms with Crippen molar-refractivity contribution < 1.29 is 21.5 Å². The minimum absolute atomic E-state index is 0. The third-order valence-electron chi connectivity index (χ3n) is 6.68. The summed E-state index contributed by atoms with van der Waals surface area (Å²) in [6.45, 7) is 0. The topological polar surface area (TPSA) is 0 Å². The van der Waals surface area contributed by atoms with E-state index in [9.17, 15) is 0 Å². The van der Waals surface area contributed by atoms with Crippen molar-refractivity contribution in [2.24, 2.45) is 5.92 Å². The Balaban J connectivity index is 0.00000196. The molecule has 1 nitrogen and oxygen atoms in total. The normalized spacial score (nSPS) is 26.5. The molecule has 0 spiro atoms. The van der Waals surface area contributed by atoms with Crippen LogP contribution in [0.5, 0.6) is 0 Å². The highest BCUT2D eigenvalue weighted by Gasteiger charge is 2.45. The largest absolute Gasteiger partial charge is 1.00 e. The second-order valence-corrected chi connectivity index (χ2v) is 8.41. The van der Waals surface area contributed by atoms with E-state index >= 15 is 0 Å². The zero-order valence-corrected chi connectivity index (χ0v) is 17.5. The van der Waals surface area contributed by atoms with Crippen molar-refractivity contribution in [1.29, 1.82) is 0 Å². The van der Waals surface area contributed by atoms with Crippen LogP contribution in [0.25, 0.3) is 5.57 Å². The lowest BCUT2D eigenvalue weighted by molar-refractivity contribution is -0.950. The fourth-order valence-corrected chi connectivity index (χ4v) is 5.09. The Kier molecular flexibility index (Phi) is 6.04. The lowest BCUT2D eigenvalue weighted by Gasteiger charge is -2.53. The third kappa shape index (κ3) is 3.82. The van der Waals surface area contributed by atoms with Crippen molar-refractivity contribution in [1.82, 2.24) is 0 Å². The summed E-state index contributed by atoms with van der Waals surface area (Å²) in [5, 5.41) is 0. The van der Waals surface area contributed by atoms with Crippen molar-refractivity contribution in [2.75, 3.05) is 14.1 Å². The maximum Gasteiger partial charge on any atom is 0.0894 e. The summed E-state index contributed by atoms with van der Waals surface area (Å²) < 4.78 is 1.25. The second kappa shape index (κ2) is 8.10. The minimum atomic E-state index is 0. The minimum Gasteiger partial charge on any atom is -1.00 e. The quantitative estimate of drug-likeness (QED) is 0.680. The van der Waals surface area contributed by atoms with Crippen LogP contribution in [-0.4, -0.2) is 30.7 Å². The molecule has 0 saturated carbocycles. The summed E-state index contributed by atoms with van der Waals surface area (Å²) in [6, 6.07) is 23.5. The summed E-state index contributed by atoms with van der Waals surface area (Å²) >= 11 is 0. The first-order valence-corrected chi connectivity index (χ1v) is 9.80. The van der Waals surface area contributed by atoms with E-state index < -0.39 is 0 Å². The highest BCUT2D eigenvalue weighted by atomic mass is 79.9. The van der Waals surface area contributed by atoms with Crippen LogP contribution >= 0.6 is 0 Å². The van der Waals surface area contributed by atoms with Gasteiger partial charge in [-0.3, -0.25) is 0 Å². The Morgan fingerprint density at radius 2 is 1.27 bits per heavy atom. The monoisotopic (exact) mass is 411 g/mol. The molecule has 2 aliphatic heterocycles. The molecule has 4 rings (SSSR count). The van der Waals surface area contributed by atoms with E-state index in [4.69, 9.17) is 0 Å². The first-order valence-electron chi connectivity index (χ1n) is 9.80. The predicted octanol–water partition coefficient (Wildman–Crippen LogP) is 2.53. The van der Waals surface area contributed by atoms with Crippen LogP contribution in [0.4, 0.5) is 0 Å². The van der Waals surface area contributed by atoms with E-state index in [1.807, 2.05) is 0 Å². The van der Waals surface area contributed by atoms with E-state index in [0.717, 1.165) is 12.1 Å². The molecule has 26 heavy (non-hydrogen) atoms. The molecule has 0 amide bonds. The zero-order chi connectivity index (χ0) is 17.3. The van der Waals surface area contributed by atoms with Gasteiger partial charge < -0.3 is 21.5 Å². The Morgan fingerprint density at radius 1 is 0.808 bits per heavy atom. The fraction of sp³-hybridized carbons (Fsp3) is 0.417. The number of rotatable bonds is 3. The van der Waals surface area contributed by atoms with E-state index in [1.165, 1.54) is 53.3 Å². The van der Waals surface area contributed by atoms with Crippen LogP contribution in [0.1, 0.15) is 43.2 Å². The van der Waals surface area contributed by atoms with E-state index in [-0.39, 0.29) is 17.0 Å². The number of allylic oxidation sites excluding steroid dienone is 1. The molecule has 2 heterocycles. The van der Waals surface area contributed by atoms with Gasteiger partial charge in [0, 0.05) is 12.8 Å². The maximum absolute atomic E-state index is 2.59. The number of quaternary nitrogens is 1. The van der Waals surface area contributed by atoms with Crippen molar-refractivity contribution in [3.63, 3.8) is 0 Å². The molecule has 2 unspecified atom stereocenters. The number of piperidine rings is 2. The number of fused-ring (bicyclic) bond motifs is 2. The summed E-state index contributed by atoms with van der Waals surface area (Å²) in [5.41, 5.74) is 4.10. The van der Waals surface area contributed by atoms with Gasteiger partial charge in [0.05, 0.1) is 26.2 Å². The molecule has 0 aliphatic carbocycles. The molecule has 2 bridgehead atoms. The van der Waals surface area contributed by atoms with Gasteiger partial charge in [-0.25, -0.2) is 0 Å². The Morgan fingerprint density at radius 3 is 1.73 bits per heavy atom. The van der Waals surface area contributed by atoms with Crippen LogP contribution in [0, 0.1) is 5.92 Å². The van der Waals surface area contributed by atoms with Gasteiger partial charge in [-0.1, -0.05) is 66.7 Å². The summed E-state index contributed by atoms with van der Waals surface area (Å²) in [7, 11) is 4.92. The number of halogens is 1. The van der Waals surface area contributed by atoms with Gasteiger partial charge in [-0.15, -0.1) is 0 Å². The smallest absolute Gasteiger partial charge is 0.0894 e. The van der Waals surface area contributed by atoms with Crippen molar-refractivity contribution in [3.8, 4) is 0 Å². The lowest BCUT2D eigenvalue weighted by Crippen LogP contribution is -3.00. The van der Waals surface area contributed by atoms with E-state index in [1.54, 1.807) is 0 Å². The molecule has 0 aromatic heterocycles. The Bertz CT molecular complexity index is 678. The predicted molar refractivity (Wildman–Crippen MR) is 106 cm³/mol. The number of benzene rings is 2. The van der Waals surface area contributed by atoms with Crippen molar-refractivity contribution >= 4 is 5.57 Å². The number of hydrogen-bond acceptors (Lipinski definition) is 0. The van der Waals surface area contributed by atoms with Gasteiger partial charge in [0.25, 0.3) is 0 Å². The molecule has 0 radical (unpaired) electrons. The number of nitrogens with zero attached hydrogens (tertiary/aromatic N) is 1. The van der Waals surface area contributed by atoms with Gasteiger partial charge >= 0.3 is 0 Å². The summed E-state index contributed by atoms with van der Waals surface area (Å²) in [5.74, 6) is 0.705. The molecule has 2 aromatic carbocycles. The molecule has 2 heteroatoms. The first kappa shape index (κ1) is 19.4. The average molecular weight is 412 g/mol. The van der Waals surface area contributed by atoms with Gasteiger partial charge in [0.15, 0.2) is 0 Å². The summed E-state index contributed by atoms with van der Waals surface area (Å²) in [4.78, 5) is 0. The molecule has 2 atom stereocenters. The highest BCUT2D eigenvalue weighted by Crippen LogP contribution is 2.42. The van der Waals surface area contributed by atoms with Crippen molar-refractivity contribution in [2.45, 2.75) is 44.2 Å². The standard InChI is InChI=1S/C24H30N.BrH/c1-25(2)22-14-9-15-23(25)17-19(16-22)18-24(20-10-5-3-6-11-20)21-12-7-4-8-13-21;/h3-8,10-13,18-19,22-23H,9,14-17H2,1-2H3;1H/q+1;/p-1. The number of hydrogen-bond donors (Lipinski definition) is 0. The van der Waals surface area contributed by atoms with Crippen LogP contribution in [0.3, 0.4) is 0 Å². The molecule has 2 aliphatic rings. The molecule has 138 valence electrons. The average Bonchev–Trinajstić information content (AvgIpc) is 2.61. The Labute approximate surface area is 169 Å². The highest BCUT2D eigenvalue weighted by molar-refractivity contribution is 5.79. The van der Waals surface area contributed by atoms with E-state index in [0.29, 0.717) is 5.92 Å². The molecule has 2 aromatic rings. The molecule has 2 saturated heterocycles. The van der Waals surface area contributed by atoms with E-state index in [2.05, 4.69) is 80.8 Å². The van der Waals surface area contributed by atoms with Gasteiger partial charge in [-0.2, -0.15) is 0 Å². The zero-order valence-electron chi connectivity index (χ0n) is 15.9. The molecule has 2 fully saturated rings. The van der Waals surface area contributed by atoms with Crippen LogP contribution in [0.2, 0.25) is 0 Å². The van der Waals surface area contributed by atoms with Gasteiger partial charge in [0.1, 0.15) is 0 Å². The van der Waals surface area contributed by atoms with Gasteiger partial charge in [-0.05, 0) is 41.9 Å². The van der Waals surface area contributed by atoms with Crippen molar-refractivity contribution in [3.05, 3.63) is 77.9 Å². The third-order valence-corrected chi connectivity index (χ3v) is 6.68. The van der Waals surface area contributed by atoms with Crippen LogP contribution < -0.4 is 17.0 Å².